The predicted molar refractivity (Wildman–Crippen MR) is 61.2 cm³/mol. The van der Waals surface area contributed by atoms with Crippen LogP contribution < -0.4 is 0 Å². The molecule has 1 heterocycles. The Morgan fingerprint density at radius 2 is 1.62 bits per heavy atom. The van der Waals surface area contributed by atoms with Gasteiger partial charge in [0.25, 0.3) is 0 Å². The van der Waals surface area contributed by atoms with Gasteiger partial charge in [0.1, 0.15) is 18.3 Å². The first kappa shape index (κ1) is 13.9. The normalized spacial score (nSPS) is 39.8. The van der Waals surface area contributed by atoms with Gasteiger partial charge < -0.3 is 19.7 Å². The summed E-state index contributed by atoms with van der Waals surface area (Å²) in [5.41, 5.74) is -0.832. The van der Waals surface area contributed by atoms with Gasteiger partial charge >= 0.3 is 0 Å². The molecule has 0 aromatic rings. The molecule has 0 aromatic carbocycles. The largest absolute Gasteiger partial charge is 0.388 e. The van der Waals surface area contributed by atoms with E-state index in [2.05, 4.69) is 0 Å². The molecule has 0 radical (unpaired) electrons. The predicted octanol–water partition coefficient (Wildman–Crippen LogP) is 0.947. The second kappa shape index (κ2) is 4.26. The summed E-state index contributed by atoms with van der Waals surface area (Å²) in [6.45, 7) is 9.69. The average Bonchev–Trinajstić information content (AvgIpc) is 2.10. The van der Waals surface area contributed by atoms with Crippen LogP contribution in [-0.2, 0) is 9.47 Å². The van der Waals surface area contributed by atoms with Crippen LogP contribution in [0.3, 0.4) is 0 Å². The van der Waals surface area contributed by atoms with E-state index in [9.17, 15) is 10.2 Å². The van der Waals surface area contributed by atoms with Crippen LogP contribution in [0, 0.1) is 5.41 Å². The third kappa shape index (κ3) is 2.40. The van der Waals surface area contributed by atoms with Gasteiger partial charge in [-0.1, -0.05) is 20.8 Å². The second-order valence-electron chi connectivity index (χ2n) is 6.15. The van der Waals surface area contributed by atoms with Gasteiger partial charge in [0, 0.05) is 7.11 Å². The van der Waals surface area contributed by atoms with Crippen molar-refractivity contribution in [1.82, 2.24) is 0 Å². The van der Waals surface area contributed by atoms with Gasteiger partial charge in [0.05, 0.1) is 11.7 Å². The van der Waals surface area contributed by atoms with Crippen molar-refractivity contribution in [3.05, 3.63) is 0 Å². The van der Waals surface area contributed by atoms with E-state index in [0.29, 0.717) is 0 Å². The molecule has 0 aliphatic carbocycles. The molecule has 1 saturated heterocycles. The quantitative estimate of drug-likeness (QED) is 0.706. The zero-order valence-electron chi connectivity index (χ0n) is 11.0. The minimum atomic E-state index is -0.919. The van der Waals surface area contributed by atoms with Crippen molar-refractivity contribution < 1.29 is 19.7 Å². The summed E-state index contributed by atoms with van der Waals surface area (Å²) in [6, 6.07) is 0. The van der Waals surface area contributed by atoms with E-state index in [1.54, 1.807) is 0 Å². The van der Waals surface area contributed by atoms with Crippen molar-refractivity contribution in [3.8, 4) is 0 Å². The lowest BCUT2D eigenvalue weighted by atomic mass is 9.77. The molecule has 4 nitrogen and oxygen atoms in total. The van der Waals surface area contributed by atoms with Gasteiger partial charge in [-0.15, -0.1) is 0 Å². The monoisotopic (exact) mass is 232 g/mol. The molecule has 2 N–H and O–H groups in total. The van der Waals surface area contributed by atoms with Gasteiger partial charge in [-0.2, -0.15) is 0 Å². The first-order valence-electron chi connectivity index (χ1n) is 5.68. The number of hydrogen-bond acceptors (Lipinski definition) is 4. The van der Waals surface area contributed by atoms with Gasteiger partial charge in [-0.05, 0) is 19.3 Å². The molecule has 4 heteroatoms. The molecule has 0 aromatic heterocycles. The van der Waals surface area contributed by atoms with Crippen LogP contribution in [0.2, 0.25) is 0 Å². The Morgan fingerprint density at radius 3 is 2.00 bits per heavy atom. The van der Waals surface area contributed by atoms with Crippen molar-refractivity contribution in [3.63, 3.8) is 0 Å². The molecule has 1 rings (SSSR count). The summed E-state index contributed by atoms with van der Waals surface area (Å²) in [7, 11) is 1.52. The number of rotatable bonds is 1. The highest BCUT2D eigenvalue weighted by atomic mass is 16.6. The van der Waals surface area contributed by atoms with Crippen LogP contribution in [0.5, 0.6) is 0 Å². The van der Waals surface area contributed by atoms with Crippen LogP contribution in [-0.4, -0.2) is 47.3 Å². The van der Waals surface area contributed by atoms with E-state index in [4.69, 9.17) is 9.47 Å². The Hall–Kier alpha value is -0.160. The number of hydrogen-bond donors (Lipinski definition) is 2. The van der Waals surface area contributed by atoms with E-state index in [-0.39, 0.29) is 5.41 Å². The topological polar surface area (TPSA) is 58.9 Å². The van der Waals surface area contributed by atoms with Crippen molar-refractivity contribution in [2.75, 3.05) is 7.11 Å². The van der Waals surface area contributed by atoms with E-state index in [1.807, 2.05) is 34.6 Å². The Balaban J connectivity index is 2.97. The van der Waals surface area contributed by atoms with E-state index in [1.165, 1.54) is 7.11 Å². The molecule has 1 unspecified atom stereocenters. The standard InChI is InChI=1S/C12H24O4/c1-11(2,3)9-7(13)8(14)10(15-6)12(4,5)16-9/h7-10,13-14H,1-6H3/t7-,8?,9-,10+/m1/s1. The summed E-state index contributed by atoms with van der Waals surface area (Å²) in [6.07, 6.45) is -2.75. The molecule has 1 aliphatic rings. The van der Waals surface area contributed by atoms with Crippen LogP contribution in [0.15, 0.2) is 0 Å². The van der Waals surface area contributed by atoms with E-state index < -0.39 is 30.0 Å². The summed E-state index contributed by atoms with van der Waals surface area (Å²) >= 11 is 0. The van der Waals surface area contributed by atoms with Crippen LogP contribution in [0.4, 0.5) is 0 Å². The highest BCUT2D eigenvalue weighted by molar-refractivity contribution is 5.01. The highest BCUT2D eigenvalue weighted by Gasteiger charge is 2.52. The summed E-state index contributed by atoms with van der Waals surface area (Å²) in [5, 5.41) is 20.1. The molecule has 0 amide bonds. The SMILES string of the molecule is CO[C@H]1C(O)[C@@H](O)[C@H](C(C)(C)C)OC1(C)C. The number of aliphatic hydroxyl groups excluding tert-OH is 2. The van der Waals surface area contributed by atoms with Gasteiger partial charge in [0.15, 0.2) is 0 Å². The minimum absolute atomic E-state index is 0.226. The highest BCUT2D eigenvalue weighted by Crippen LogP contribution is 2.38. The summed E-state index contributed by atoms with van der Waals surface area (Å²) in [5.74, 6) is 0. The molecule has 0 bridgehead atoms. The number of methoxy groups -OCH3 is 1. The van der Waals surface area contributed by atoms with Crippen molar-refractivity contribution in [2.24, 2.45) is 5.41 Å². The first-order chi connectivity index (χ1) is 7.11. The van der Waals surface area contributed by atoms with Crippen molar-refractivity contribution in [1.29, 1.82) is 0 Å². The Morgan fingerprint density at radius 1 is 1.12 bits per heavy atom. The van der Waals surface area contributed by atoms with Crippen LogP contribution >= 0.6 is 0 Å². The molecular weight excluding hydrogens is 208 g/mol. The van der Waals surface area contributed by atoms with E-state index >= 15 is 0 Å². The smallest absolute Gasteiger partial charge is 0.114 e. The summed E-state index contributed by atoms with van der Waals surface area (Å²) in [4.78, 5) is 0. The second-order valence-corrected chi connectivity index (χ2v) is 6.15. The van der Waals surface area contributed by atoms with Crippen LogP contribution in [0.1, 0.15) is 34.6 Å². The number of aliphatic hydroxyl groups is 2. The lowest BCUT2D eigenvalue weighted by Crippen LogP contribution is -2.65. The Kier molecular flexibility index (Phi) is 3.70. The minimum Gasteiger partial charge on any atom is -0.388 e. The molecule has 1 fully saturated rings. The average molecular weight is 232 g/mol. The molecular formula is C12H24O4. The van der Waals surface area contributed by atoms with Gasteiger partial charge in [-0.3, -0.25) is 0 Å². The van der Waals surface area contributed by atoms with E-state index in [0.717, 1.165) is 0 Å². The maximum atomic E-state index is 10.1. The lowest BCUT2D eigenvalue weighted by molar-refractivity contribution is -0.281. The zero-order chi connectivity index (χ0) is 12.7. The molecule has 0 saturated carbocycles. The Labute approximate surface area is 97.6 Å². The zero-order valence-corrected chi connectivity index (χ0v) is 11.0. The molecule has 16 heavy (non-hydrogen) atoms. The first-order valence-corrected chi connectivity index (χ1v) is 5.68. The molecule has 96 valence electrons. The maximum absolute atomic E-state index is 10.1. The van der Waals surface area contributed by atoms with Crippen LogP contribution in [0.25, 0.3) is 0 Å². The maximum Gasteiger partial charge on any atom is 0.114 e. The van der Waals surface area contributed by atoms with Crippen molar-refractivity contribution >= 4 is 0 Å². The fourth-order valence-corrected chi connectivity index (χ4v) is 2.35. The number of ether oxygens (including phenoxy) is 2. The fraction of sp³-hybridized carbons (Fsp3) is 1.00. The van der Waals surface area contributed by atoms with Gasteiger partial charge in [0.2, 0.25) is 0 Å². The fourth-order valence-electron chi connectivity index (χ4n) is 2.35. The van der Waals surface area contributed by atoms with Crippen molar-refractivity contribution in [2.45, 2.75) is 64.6 Å². The van der Waals surface area contributed by atoms with Gasteiger partial charge in [-0.25, -0.2) is 0 Å². The molecule has 4 atom stereocenters. The third-order valence-corrected chi connectivity index (χ3v) is 3.19. The Bertz CT molecular complexity index is 242. The lowest BCUT2D eigenvalue weighted by Gasteiger charge is -2.50. The third-order valence-electron chi connectivity index (χ3n) is 3.19. The summed E-state index contributed by atoms with van der Waals surface area (Å²) < 4.78 is 11.1. The molecule has 1 aliphatic heterocycles. The molecule has 0 spiro atoms.